The van der Waals surface area contributed by atoms with E-state index in [4.69, 9.17) is 17.0 Å². The van der Waals surface area contributed by atoms with E-state index in [0.717, 1.165) is 17.3 Å². The molecule has 2 aromatic heterocycles. The van der Waals surface area contributed by atoms with Crippen LogP contribution in [0.25, 0.3) is 11.7 Å². The van der Waals surface area contributed by atoms with E-state index >= 15 is 0 Å². The number of nitrogens with one attached hydrogen (secondary N) is 1. The van der Waals surface area contributed by atoms with Crippen LogP contribution in [0.15, 0.2) is 28.0 Å². The number of nitrogens with zero attached hydrogens (tertiary/aromatic N) is 3. The fourth-order valence-electron chi connectivity index (χ4n) is 3.75. The van der Waals surface area contributed by atoms with Gasteiger partial charge in [-0.1, -0.05) is 30.0 Å². The minimum atomic E-state index is -3.18. The summed E-state index contributed by atoms with van der Waals surface area (Å²) in [5.41, 5.74) is 1.24. The van der Waals surface area contributed by atoms with Crippen LogP contribution in [0, 0.1) is 6.92 Å². The number of pyridine rings is 1. The van der Waals surface area contributed by atoms with Crippen LogP contribution in [0.1, 0.15) is 17.5 Å². The van der Waals surface area contributed by atoms with E-state index in [0.29, 0.717) is 35.4 Å². The molecule has 170 valence electrons. The summed E-state index contributed by atoms with van der Waals surface area (Å²) in [5.74, 6) is -0.110. The van der Waals surface area contributed by atoms with Gasteiger partial charge in [0.15, 0.2) is 9.84 Å². The first kappa shape index (κ1) is 22.9. The van der Waals surface area contributed by atoms with Crippen molar-refractivity contribution in [3.8, 4) is 0 Å². The van der Waals surface area contributed by atoms with Crippen LogP contribution < -0.4 is 10.9 Å². The number of carbonyl (C=O) groups excluding carboxylic acids is 1. The zero-order chi connectivity index (χ0) is 23.0. The van der Waals surface area contributed by atoms with Gasteiger partial charge in [-0.05, 0) is 31.1 Å². The first-order valence-corrected chi connectivity index (χ1v) is 13.0. The molecule has 1 atom stereocenters. The SMILES string of the molecule is COCCNc1nc2c(C)cccn2c(=O)c1/C=C1/SC(=S)N(C2CCS(=O)(=O)C2)C1=O. The molecule has 0 bridgehead atoms. The van der Waals surface area contributed by atoms with Gasteiger partial charge in [-0.3, -0.25) is 18.9 Å². The molecule has 2 aliphatic rings. The van der Waals surface area contributed by atoms with Crippen molar-refractivity contribution in [2.24, 2.45) is 0 Å². The van der Waals surface area contributed by atoms with Crippen molar-refractivity contribution in [1.29, 1.82) is 0 Å². The highest BCUT2D eigenvalue weighted by Gasteiger charge is 2.42. The summed E-state index contributed by atoms with van der Waals surface area (Å²) < 4.78 is 30.6. The van der Waals surface area contributed by atoms with Gasteiger partial charge in [-0.2, -0.15) is 0 Å². The highest BCUT2D eigenvalue weighted by molar-refractivity contribution is 8.26. The van der Waals surface area contributed by atoms with Gasteiger partial charge in [0, 0.05) is 19.9 Å². The molecule has 1 unspecified atom stereocenters. The smallest absolute Gasteiger partial charge is 0.267 e. The molecule has 0 aliphatic carbocycles. The van der Waals surface area contributed by atoms with Crippen molar-refractivity contribution in [3.05, 3.63) is 44.7 Å². The molecule has 2 aliphatic heterocycles. The fraction of sp³-hybridized carbons (Fsp3) is 0.400. The molecule has 0 aromatic carbocycles. The number of hydrogen-bond donors (Lipinski definition) is 1. The maximum Gasteiger partial charge on any atom is 0.267 e. The third-order valence-electron chi connectivity index (χ3n) is 5.36. The first-order valence-electron chi connectivity index (χ1n) is 9.94. The van der Waals surface area contributed by atoms with E-state index in [1.807, 2.05) is 13.0 Å². The van der Waals surface area contributed by atoms with Gasteiger partial charge >= 0.3 is 0 Å². The maximum absolute atomic E-state index is 13.3. The molecule has 2 aromatic rings. The number of carbonyl (C=O) groups is 1. The highest BCUT2D eigenvalue weighted by Crippen LogP contribution is 2.36. The number of ether oxygens (including phenoxy) is 1. The second-order valence-corrected chi connectivity index (χ2v) is 11.5. The van der Waals surface area contributed by atoms with Crippen LogP contribution in [-0.2, 0) is 19.4 Å². The summed E-state index contributed by atoms with van der Waals surface area (Å²) in [6.45, 7) is 2.69. The van der Waals surface area contributed by atoms with E-state index in [1.54, 1.807) is 19.4 Å². The zero-order valence-electron chi connectivity index (χ0n) is 17.5. The molecule has 9 nitrogen and oxygen atoms in total. The Labute approximate surface area is 194 Å². The van der Waals surface area contributed by atoms with Gasteiger partial charge in [0.1, 0.15) is 15.8 Å². The molecular weight excluding hydrogens is 472 g/mol. The van der Waals surface area contributed by atoms with Crippen LogP contribution in [-0.4, -0.2) is 70.7 Å². The Morgan fingerprint density at radius 3 is 2.88 bits per heavy atom. The number of methoxy groups -OCH3 is 1. The Morgan fingerprint density at radius 2 is 2.19 bits per heavy atom. The van der Waals surface area contributed by atoms with Gasteiger partial charge in [-0.15, -0.1) is 0 Å². The maximum atomic E-state index is 13.3. The number of sulfone groups is 1. The molecule has 0 spiro atoms. The second kappa shape index (κ2) is 8.93. The van der Waals surface area contributed by atoms with Gasteiger partial charge in [0.05, 0.1) is 34.6 Å². The van der Waals surface area contributed by atoms with Crippen molar-refractivity contribution < 1.29 is 17.9 Å². The number of thiocarbonyl (C=S) groups is 1. The molecule has 0 saturated carbocycles. The number of anilines is 1. The number of thioether (sulfide) groups is 1. The summed E-state index contributed by atoms with van der Waals surface area (Å²) in [4.78, 5) is 32.6. The van der Waals surface area contributed by atoms with E-state index in [-0.39, 0.29) is 27.5 Å². The normalized spacial score (nSPS) is 21.8. The number of aromatic nitrogens is 2. The third-order valence-corrected chi connectivity index (χ3v) is 8.44. The van der Waals surface area contributed by atoms with E-state index in [1.165, 1.54) is 15.4 Å². The molecule has 1 N–H and O–H groups in total. The van der Waals surface area contributed by atoms with Crippen molar-refractivity contribution in [2.75, 3.05) is 37.1 Å². The first-order chi connectivity index (χ1) is 15.2. The number of rotatable bonds is 6. The fourth-order valence-corrected chi connectivity index (χ4v) is 6.83. The average molecular weight is 495 g/mol. The van der Waals surface area contributed by atoms with Gasteiger partial charge < -0.3 is 10.1 Å². The number of amides is 1. The lowest BCUT2D eigenvalue weighted by molar-refractivity contribution is -0.123. The third kappa shape index (κ3) is 4.32. The predicted octanol–water partition coefficient (Wildman–Crippen LogP) is 1.45. The van der Waals surface area contributed by atoms with E-state index in [9.17, 15) is 18.0 Å². The summed E-state index contributed by atoms with van der Waals surface area (Å²) in [6, 6.07) is 3.14. The van der Waals surface area contributed by atoms with E-state index < -0.39 is 21.8 Å². The lowest BCUT2D eigenvalue weighted by atomic mass is 10.2. The lowest BCUT2D eigenvalue weighted by Crippen LogP contribution is -2.39. The Bertz CT molecular complexity index is 1300. The van der Waals surface area contributed by atoms with Crippen LogP contribution in [0.5, 0.6) is 0 Å². The topological polar surface area (TPSA) is 110 Å². The summed E-state index contributed by atoms with van der Waals surface area (Å²) in [6.07, 6.45) is 3.47. The Hall–Kier alpha value is -2.28. The van der Waals surface area contributed by atoms with E-state index in [2.05, 4.69) is 10.3 Å². The van der Waals surface area contributed by atoms with Gasteiger partial charge in [-0.25, -0.2) is 13.4 Å². The largest absolute Gasteiger partial charge is 0.383 e. The molecular formula is C20H22N4O5S3. The summed E-state index contributed by atoms with van der Waals surface area (Å²) in [7, 11) is -1.60. The second-order valence-electron chi connectivity index (χ2n) is 7.59. The molecule has 2 fully saturated rings. The lowest BCUT2D eigenvalue weighted by Gasteiger charge is -2.20. The number of fused-ring (bicyclic) bond motifs is 1. The minimum absolute atomic E-state index is 0.0383. The number of hydrogen-bond acceptors (Lipinski definition) is 9. The molecule has 4 rings (SSSR count). The van der Waals surface area contributed by atoms with Crippen LogP contribution in [0.3, 0.4) is 0 Å². The Kier molecular flexibility index (Phi) is 6.39. The zero-order valence-corrected chi connectivity index (χ0v) is 20.0. The van der Waals surface area contributed by atoms with Gasteiger partial charge in [0.25, 0.3) is 11.5 Å². The standard InChI is InChI=1S/C20H22N4O5S3/c1-12-4-3-7-23-17(12)22-16(21-6-8-29-2)14(18(23)25)10-15-19(26)24(20(30)31-15)13-5-9-32(27,28)11-13/h3-4,7,10,13,21H,5-6,8-9,11H2,1-2H3/b15-10+. The monoisotopic (exact) mass is 494 g/mol. The molecule has 4 heterocycles. The quantitative estimate of drug-likeness (QED) is 0.362. The number of aryl methyl sites for hydroxylation is 1. The minimum Gasteiger partial charge on any atom is -0.383 e. The Balaban J connectivity index is 1.76. The summed E-state index contributed by atoms with van der Waals surface area (Å²) in [5, 5.41) is 3.11. The molecule has 2 saturated heterocycles. The van der Waals surface area contributed by atoms with Crippen LogP contribution in [0.2, 0.25) is 0 Å². The molecule has 12 heteroatoms. The van der Waals surface area contributed by atoms with Gasteiger partial charge in [0.2, 0.25) is 0 Å². The van der Waals surface area contributed by atoms with Crippen molar-refractivity contribution in [2.45, 2.75) is 19.4 Å². The van der Waals surface area contributed by atoms with Crippen LogP contribution >= 0.6 is 24.0 Å². The molecule has 0 radical (unpaired) electrons. The highest BCUT2D eigenvalue weighted by atomic mass is 32.2. The Morgan fingerprint density at radius 1 is 1.41 bits per heavy atom. The molecule has 32 heavy (non-hydrogen) atoms. The van der Waals surface area contributed by atoms with Crippen molar-refractivity contribution in [3.63, 3.8) is 0 Å². The average Bonchev–Trinajstić information content (AvgIpc) is 3.23. The predicted molar refractivity (Wildman–Crippen MR) is 129 cm³/mol. The van der Waals surface area contributed by atoms with Crippen molar-refractivity contribution in [1.82, 2.24) is 14.3 Å². The van der Waals surface area contributed by atoms with Crippen LogP contribution in [0.4, 0.5) is 5.82 Å². The van der Waals surface area contributed by atoms with Crippen molar-refractivity contribution >= 4 is 61.6 Å². The molecule has 1 amide bonds. The summed E-state index contributed by atoms with van der Waals surface area (Å²) >= 11 is 6.43.